The first-order valence-corrected chi connectivity index (χ1v) is 8.11. The largest absolute Gasteiger partial charge is 0.497 e. The van der Waals surface area contributed by atoms with Crippen molar-refractivity contribution in [3.8, 4) is 11.5 Å². The number of morpholine rings is 1. The Kier molecular flexibility index (Phi) is 5.23. The van der Waals surface area contributed by atoms with Gasteiger partial charge < -0.3 is 29.2 Å². The van der Waals surface area contributed by atoms with Crippen LogP contribution >= 0.6 is 0 Å². The Morgan fingerprint density at radius 2 is 2.17 bits per heavy atom. The minimum Gasteiger partial charge on any atom is -0.497 e. The van der Waals surface area contributed by atoms with Gasteiger partial charge in [-0.2, -0.15) is 0 Å². The minimum atomic E-state index is -0.482. The third kappa shape index (κ3) is 3.48. The van der Waals surface area contributed by atoms with Crippen LogP contribution < -0.4 is 14.8 Å². The van der Waals surface area contributed by atoms with E-state index in [2.05, 4.69) is 5.32 Å². The molecular weight excluding hydrogens is 312 g/mol. The van der Waals surface area contributed by atoms with Crippen LogP contribution in [0.2, 0.25) is 0 Å². The summed E-state index contributed by atoms with van der Waals surface area (Å²) in [6, 6.07) is 5.23. The molecule has 2 aliphatic rings. The van der Waals surface area contributed by atoms with Gasteiger partial charge in [0.2, 0.25) is 0 Å². The van der Waals surface area contributed by atoms with Crippen LogP contribution in [-0.2, 0) is 9.47 Å². The van der Waals surface area contributed by atoms with E-state index in [1.54, 1.807) is 32.4 Å². The summed E-state index contributed by atoms with van der Waals surface area (Å²) >= 11 is 0. The van der Waals surface area contributed by atoms with Gasteiger partial charge >= 0.3 is 0 Å². The summed E-state index contributed by atoms with van der Waals surface area (Å²) < 4.78 is 22.1. The Labute approximate surface area is 141 Å². The van der Waals surface area contributed by atoms with Gasteiger partial charge in [-0.15, -0.1) is 0 Å². The van der Waals surface area contributed by atoms with Crippen molar-refractivity contribution in [1.29, 1.82) is 0 Å². The van der Waals surface area contributed by atoms with Gasteiger partial charge in [0.25, 0.3) is 5.91 Å². The fraction of sp³-hybridized carbons (Fsp3) is 0.588. The number of amides is 1. The summed E-state index contributed by atoms with van der Waals surface area (Å²) in [5.74, 6) is 1.10. The molecule has 2 fully saturated rings. The number of carbonyl (C=O) groups is 1. The second-order valence-corrected chi connectivity index (χ2v) is 6.05. The molecule has 7 heteroatoms. The predicted molar refractivity (Wildman–Crippen MR) is 87.8 cm³/mol. The maximum Gasteiger partial charge on any atom is 0.257 e. The van der Waals surface area contributed by atoms with E-state index in [9.17, 15) is 4.79 Å². The number of hydrogen-bond donors (Lipinski definition) is 1. The summed E-state index contributed by atoms with van der Waals surface area (Å²) in [7, 11) is 3.14. The smallest absolute Gasteiger partial charge is 0.257 e. The van der Waals surface area contributed by atoms with Crippen molar-refractivity contribution in [1.82, 2.24) is 10.2 Å². The molecule has 132 valence electrons. The molecule has 24 heavy (non-hydrogen) atoms. The van der Waals surface area contributed by atoms with Gasteiger partial charge in [0.05, 0.1) is 46.1 Å². The first-order valence-electron chi connectivity index (χ1n) is 8.11. The van der Waals surface area contributed by atoms with E-state index in [4.69, 9.17) is 18.9 Å². The zero-order valence-corrected chi connectivity index (χ0v) is 14.2. The molecule has 1 aromatic carbocycles. The molecular formula is C17H24N2O5. The highest BCUT2D eigenvalue weighted by Crippen LogP contribution is 2.28. The summed E-state index contributed by atoms with van der Waals surface area (Å²) in [4.78, 5) is 14.8. The lowest BCUT2D eigenvalue weighted by Gasteiger charge is -2.41. The Morgan fingerprint density at radius 1 is 1.29 bits per heavy atom. The predicted octanol–water partition coefficient (Wildman–Crippen LogP) is 0.535. The minimum absolute atomic E-state index is 0.0681. The quantitative estimate of drug-likeness (QED) is 0.869. The molecule has 3 rings (SSSR count). The number of carbonyl (C=O) groups excluding carboxylic acids is 1. The van der Waals surface area contributed by atoms with Crippen LogP contribution in [0, 0.1) is 0 Å². The van der Waals surface area contributed by atoms with Gasteiger partial charge in [-0.3, -0.25) is 4.79 Å². The first-order chi connectivity index (χ1) is 11.7. The third-order valence-corrected chi connectivity index (χ3v) is 4.41. The van der Waals surface area contributed by atoms with Crippen LogP contribution in [0.25, 0.3) is 0 Å². The van der Waals surface area contributed by atoms with Crippen molar-refractivity contribution < 1.29 is 23.7 Å². The van der Waals surface area contributed by atoms with Crippen LogP contribution in [0.1, 0.15) is 10.4 Å². The molecule has 7 nitrogen and oxygen atoms in total. The Balaban J connectivity index is 1.79. The molecule has 2 heterocycles. The van der Waals surface area contributed by atoms with Crippen molar-refractivity contribution in [2.24, 2.45) is 0 Å². The highest BCUT2D eigenvalue weighted by atomic mass is 16.5. The average Bonchev–Trinajstić information content (AvgIpc) is 2.86. The van der Waals surface area contributed by atoms with E-state index in [-0.39, 0.29) is 5.91 Å². The zero-order valence-electron chi connectivity index (χ0n) is 14.2. The second kappa shape index (κ2) is 7.38. The Morgan fingerprint density at radius 3 is 2.96 bits per heavy atom. The van der Waals surface area contributed by atoms with Gasteiger partial charge in [0.1, 0.15) is 17.1 Å². The Bertz CT molecular complexity index is 584. The molecule has 1 spiro atoms. The SMILES string of the molecule is COc1ccc(C(=O)N2CCO[C@@]3(CNCCOC3)C2)c(OC)c1. The molecule has 2 aliphatic heterocycles. The van der Waals surface area contributed by atoms with Gasteiger partial charge in [-0.05, 0) is 12.1 Å². The highest BCUT2D eigenvalue weighted by Gasteiger charge is 2.40. The van der Waals surface area contributed by atoms with Crippen LogP contribution in [-0.4, -0.2) is 76.6 Å². The molecule has 0 unspecified atom stereocenters. The second-order valence-electron chi connectivity index (χ2n) is 6.05. The topological polar surface area (TPSA) is 69.3 Å². The van der Waals surface area contributed by atoms with Crippen LogP contribution in [0.4, 0.5) is 0 Å². The number of nitrogens with one attached hydrogen (secondary N) is 1. The van der Waals surface area contributed by atoms with Gasteiger partial charge in [-0.1, -0.05) is 0 Å². The van der Waals surface area contributed by atoms with Crippen molar-refractivity contribution in [3.05, 3.63) is 23.8 Å². The summed E-state index contributed by atoms with van der Waals surface area (Å²) in [6.07, 6.45) is 0. The zero-order chi connectivity index (χ0) is 17.0. The number of hydrogen-bond acceptors (Lipinski definition) is 6. The number of methoxy groups -OCH3 is 2. The van der Waals surface area contributed by atoms with Crippen LogP contribution in [0.5, 0.6) is 11.5 Å². The van der Waals surface area contributed by atoms with Crippen molar-refractivity contribution >= 4 is 5.91 Å². The van der Waals surface area contributed by atoms with Gasteiger partial charge in [0.15, 0.2) is 0 Å². The third-order valence-electron chi connectivity index (χ3n) is 4.41. The highest BCUT2D eigenvalue weighted by molar-refractivity contribution is 5.97. The average molecular weight is 336 g/mol. The molecule has 0 radical (unpaired) electrons. The molecule has 0 aliphatic carbocycles. The van der Waals surface area contributed by atoms with Crippen LogP contribution in [0.15, 0.2) is 18.2 Å². The number of ether oxygens (including phenoxy) is 4. The van der Waals surface area contributed by atoms with E-state index in [0.717, 1.165) is 6.54 Å². The molecule has 1 aromatic rings. The molecule has 0 aromatic heterocycles. The number of benzene rings is 1. The number of rotatable bonds is 3. The lowest BCUT2D eigenvalue weighted by atomic mass is 10.0. The molecule has 0 saturated carbocycles. The lowest BCUT2D eigenvalue weighted by molar-refractivity contribution is -0.125. The van der Waals surface area contributed by atoms with Crippen molar-refractivity contribution in [2.45, 2.75) is 5.60 Å². The van der Waals surface area contributed by atoms with E-state index < -0.39 is 5.60 Å². The molecule has 2 saturated heterocycles. The van der Waals surface area contributed by atoms with Gasteiger partial charge in [0, 0.05) is 25.7 Å². The standard InChI is InChI=1S/C17H24N2O5/c1-21-13-3-4-14(15(9-13)22-2)16(20)19-6-8-24-17(11-19)10-18-5-7-23-12-17/h3-4,9,18H,5-8,10-12H2,1-2H3/t17-/m0/s1. The normalized spacial score (nSPS) is 24.5. The maximum absolute atomic E-state index is 13.0. The van der Waals surface area contributed by atoms with Crippen molar-refractivity contribution in [2.75, 3.05) is 60.2 Å². The van der Waals surface area contributed by atoms with E-state index >= 15 is 0 Å². The molecule has 1 atom stereocenters. The molecule has 1 N–H and O–H groups in total. The number of nitrogens with zero attached hydrogens (tertiary/aromatic N) is 1. The maximum atomic E-state index is 13.0. The van der Waals surface area contributed by atoms with Crippen molar-refractivity contribution in [3.63, 3.8) is 0 Å². The van der Waals surface area contributed by atoms with E-state index in [1.807, 2.05) is 4.90 Å². The summed E-state index contributed by atoms with van der Waals surface area (Å²) in [5, 5.41) is 3.32. The van der Waals surface area contributed by atoms with Gasteiger partial charge in [-0.25, -0.2) is 0 Å². The first kappa shape index (κ1) is 17.0. The summed E-state index contributed by atoms with van der Waals surface area (Å²) in [5.41, 5.74) is 0.0438. The monoisotopic (exact) mass is 336 g/mol. The fourth-order valence-corrected chi connectivity index (χ4v) is 3.13. The van der Waals surface area contributed by atoms with Crippen LogP contribution in [0.3, 0.4) is 0 Å². The fourth-order valence-electron chi connectivity index (χ4n) is 3.13. The summed E-state index contributed by atoms with van der Waals surface area (Å²) in [6.45, 7) is 4.16. The van der Waals surface area contributed by atoms with E-state index in [1.165, 1.54) is 0 Å². The lowest BCUT2D eigenvalue weighted by Crippen LogP contribution is -2.59. The molecule has 0 bridgehead atoms. The molecule has 1 amide bonds. The Hall–Kier alpha value is -1.83. The van der Waals surface area contributed by atoms with E-state index in [0.29, 0.717) is 56.5 Å².